The molecule has 8 nitrogen and oxygen atoms in total. The van der Waals surface area contributed by atoms with Crippen molar-refractivity contribution in [2.45, 2.75) is 6.17 Å². The number of nitrogens with two attached hydrogens (primary N) is 3. The van der Waals surface area contributed by atoms with Gasteiger partial charge in [0.15, 0.2) is 0 Å². The van der Waals surface area contributed by atoms with Crippen molar-refractivity contribution in [3.05, 3.63) is 59.7 Å². The SMILES string of the molecule is N=C(N)c1ccc2nc(-c3ccc(-c4nc5ccc(C(N)N)cc5[nH]4)s3)[nH]c2c1. The van der Waals surface area contributed by atoms with Crippen LogP contribution in [0.2, 0.25) is 0 Å². The lowest BCUT2D eigenvalue weighted by Gasteiger charge is -2.03. The number of aromatic amines is 2. The van der Waals surface area contributed by atoms with Crippen LogP contribution < -0.4 is 17.2 Å². The van der Waals surface area contributed by atoms with Crippen molar-refractivity contribution >= 4 is 39.2 Å². The van der Waals surface area contributed by atoms with Gasteiger partial charge >= 0.3 is 0 Å². The van der Waals surface area contributed by atoms with Crippen molar-refractivity contribution in [2.75, 3.05) is 0 Å². The first-order valence-electron chi connectivity index (χ1n) is 8.93. The Bertz CT molecular complexity index is 1370. The maximum Gasteiger partial charge on any atom is 0.148 e. The van der Waals surface area contributed by atoms with Crippen LogP contribution in [0.1, 0.15) is 17.3 Å². The van der Waals surface area contributed by atoms with E-state index in [1.54, 1.807) is 17.4 Å². The largest absolute Gasteiger partial charge is 0.384 e. The summed E-state index contributed by atoms with van der Waals surface area (Å²) in [6.07, 6.45) is -0.518. The molecule has 0 radical (unpaired) electrons. The van der Waals surface area contributed by atoms with Crippen molar-refractivity contribution in [2.24, 2.45) is 17.2 Å². The molecule has 29 heavy (non-hydrogen) atoms. The molecule has 9 N–H and O–H groups in total. The number of H-pyrrole nitrogens is 2. The normalized spacial score (nSPS) is 11.7. The zero-order valence-corrected chi connectivity index (χ0v) is 16.0. The van der Waals surface area contributed by atoms with Crippen molar-refractivity contribution in [1.29, 1.82) is 5.41 Å². The van der Waals surface area contributed by atoms with Crippen molar-refractivity contribution < 1.29 is 0 Å². The van der Waals surface area contributed by atoms with Crippen LogP contribution in [0.5, 0.6) is 0 Å². The number of nitrogens with zero attached hydrogens (tertiary/aromatic N) is 2. The smallest absolute Gasteiger partial charge is 0.148 e. The van der Waals surface area contributed by atoms with Crippen LogP contribution in [0.25, 0.3) is 43.5 Å². The summed E-state index contributed by atoms with van der Waals surface area (Å²) in [5, 5.41) is 7.58. The number of hydrogen-bond acceptors (Lipinski definition) is 6. The van der Waals surface area contributed by atoms with E-state index in [-0.39, 0.29) is 5.84 Å². The number of benzene rings is 2. The number of amidine groups is 1. The highest BCUT2D eigenvalue weighted by Gasteiger charge is 2.13. The predicted molar refractivity (Wildman–Crippen MR) is 117 cm³/mol. The Morgan fingerprint density at radius 2 is 1.45 bits per heavy atom. The second-order valence-corrected chi connectivity index (χ2v) is 7.87. The molecule has 9 heteroatoms. The van der Waals surface area contributed by atoms with Crippen LogP contribution >= 0.6 is 11.3 Å². The monoisotopic (exact) mass is 402 g/mol. The summed E-state index contributed by atoms with van der Waals surface area (Å²) in [4.78, 5) is 18.0. The minimum absolute atomic E-state index is 0.0325. The maximum atomic E-state index is 7.58. The third-order valence-electron chi connectivity index (χ3n) is 4.76. The molecule has 0 aliphatic carbocycles. The summed E-state index contributed by atoms with van der Waals surface area (Å²) in [6.45, 7) is 0. The second kappa shape index (κ2) is 6.52. The molecular weight excluding hydrogens is 384 g/mol. The van der Waals surface area contributed by atoms with E-state index in [4.69, 9.17) is 22.6 Å². The molecule has 0 fully saturated rings. The minimum Gasteiger partial charge on any atom is -0.384 e. The Morgan fingerprint density at radius 3 is 2.03 bits per heavy atom. The van der Waals surface area contributed by atoms with Crippen LogP contribution in [0.15, 0.2) is 48.5 Å². The minimum atomic E-state index is -0.518. The van der Waals surface area contributed by atoms with E-state index in [1.807, 2.05) is 42.5 Å². The van der Waals surface area contributed by atoms with E-state index in [0.29, 0.717) is 5.56 Å². The molecule has 0 unspecified atom stereocenters. The molecule has 0 bridgehead atoms. The van der Waals surface area contributed by atoms with Crippen molar-refractivity contribution in [3.8, 4) is 21.4 Å². The average Bonchev–Trinajstić information content (AvgIpc) is 3.42. The van der Waals surface area contributed by atoms with Crippen molar-refractivity contribution in [1.82, 2.24) is 19.9 Å². The summed E-state index contributed by atoms with van der Waals surface area (Å²) in [6, 6.07) is 15.3. The molecule has 0 saturated heterocycles. The zero-order valence-electron chi connectivity index (χ0n) is 15.2. The number of nitrogen functional groups attached to an aromatic ring is 1. The molecule has 0 aliphatic heterocycles. The molecule has 0 spiro atoms. The highest BCUT2D eigenvalue weighted by atomic mass is 32.1. The lowest BCUT2D eigenvalue weighted by atomic mass is 10.1. The Kier molecular flexibility index (Phi) is 3.95. The third kappa shape index (κ3) is 3.07. The Morgan fingerprint density at radius 1 is 0.862 bits per heavy atom. The van der Waals surface area contributed by atoms with Gasteiger partial charge in [-0.2, -0.15) is 0 Å². The fourth-order valence-electron chi connectivity index (χ4n) is 3.24. The van der Waals surface area contributed by atoms with Crippen molar-refractivity contribution in [3.63, 3.8) is 0 Å². The quantitative estimate of drug-likeness (QED) is 0.155. The van der Waals surface area contributed by atoms with Crippen LogP contribution in [-0.4, -0.2) is 25.8 Å². The molecule has 0 amide bonds. The molecule has 5 rings (SSSR count). The molecular formula is C20H18N8S. The Labute approximate surface area is 169 Å². The van der Waals surface area contributed by atoms with Gasteiger partial charge in [-0.15, -0.1) is 11.3 Å². The summed E-state index contributed by atoms with van der Waals surface area (Å²) in [5.74, 6) is 1.59. The van der Waals surface area contributed by atoms with Gasteiger partial charge in [-0.3, -0.25) is 5.41 Å². The Hall–Kier alpha value is -3.53. The number of aromatic nitrogens is 4. The number of rotatable bonds is 4. The van der Waals surface area contributed by atoms with E-state index >= 15 is 0 Å². The van der Waals surface area contributed by atoms with Crippen LogP contribution in [0.4, 0.5) is 0 Å². The lowest BCUT2D eigenvalue weighted by molar-refractivity contribution is 0.775. The number of thiophene rings is 1. The molecule has 3 heterocycles. The summed E-state index contributed by atoms with van der Waals surface area (Å²) >= 11 is 1.59. The zero-order chi connectivity index (χ0) is 20.1. The fraction of sp³-hybridized carbons (Fsp3) is 0.0500. The Balaban J connectivity index is 1.51. The van der Waals surface area contributed by atoms with Gasteiger partial charge in [0.25, 0.3) is 0 Å². The molecule has 3 aromatic heterocycles. The molecule has 0 atom stereocenters. The van der Waals surface area contributed by atoms with Crippen LogP contribution in [0, 0.1) is 5.41 Å². The van der Waals surface area contributed by atoms with Gasteiger partial charge in [0.05, 0.1) is 38.0 Å². The number of fused-ring (bicyclic) bond motifs is 2. The fourth-order valence-corrected chi connectivity index (χ4v) is 4.13. The predicted octanol–water partition coefficient (Wildman–Crippen LogP) is 3.03. The summed E-state index contributed by atoms with van der Waals surface area (Å²) in [7, 11) is 0. The van der Waals surface area contributed by atoms with Gasteiger partial charge in [-0.1, -0.05) is 6.07 Å². The molecule has 0 aliphatic rings. The molecule has 5 aromatic rings. The van der Waals surface area contributed by atoms with Gasteiger partial charge in [-0.05, 0) is 48.0 Å². The van der Waals surface area contributed by atoms with Gasteiger partial charge in [0.1, 0.15) is 17.5 Å². The van der Waals surface area contributed by atoms with E-state index in [9.17, 15) is 0 Å². The first kappa shape index (κ1) is 17.6. The molecule has 144 valence electrons. The number of hydrogen-bond donors (Lipinski definition) is 6. The standard InChI is InChI=1S/C20H18N8S/c21-17(22)9-1-3-11-13(7-9)27-19(25-11)15-5-6-16(29-15)20-26-12-4-2-10(18(23)24)8-14(12)28-20/h1-8,17H,21-22H2,(H3,23,24)(H,25,27)(H,26,28). The van der Waals surface area contributed by atoms with E-state index in [1.165, 1.54) is 0 Å². The van der Waals surface area contributed by atoms with E-state index < -0.39 is 6.17 Å². The molecule has 2 aromatic carbocycles. The average molecular weight is 402 g/mol. The van der Waals surface area contributed by atoms with Gasteiger partial charge in [-0.25, -0.2) is 9.97 Å². The van der Waals surface area contributed by atoms with Crippen LogP contribution in [0.3, 0.4) is 0 Å². The topological polar surface area (TPSA) is 159 Å². The molecule has 0 saturated carbocycles. The van der Waals surface area contributed by atoms with Gasteiger partial charge < -0.3 is 27.2 Å². The van der Waals surface area contributed by atoms with E-state index in [0.717, 1.165) is 49.0 Å². The van der Waals surface area contributed by atoms with Gasteiger partial charge in [0, 0.05) is 5.56 Å². The summed E-state index contributed by atoms with van der Waals surface area (Å²) < 4.78 is 0. The number of nitrogens with one attached hydrogen (secondary N) is 3. The maximum absolute atomic E-state index is 7.58. The highest BCUT2D eigenvalue weighted by molar-refractivity contribution is 7.18. The van der Waals surface area contributed by atoms with Crippen LogP contribution in [-0.2, 0) is 0 Å². The third-order valence-corrected chi connectivity index (χ3v) is 5.86. The second-order valence-electron chi connectivity index (χ2n) is 6.78. The summed E-state index contributed by atoms with van der Waals surface area (Å²) in [5.41, 5.74) is 22.1. The number of imidazole rings is 2. The lowest BCUT2D eigenvalue weighted by Crippen LogP contribution is -2.19. The first-order chi connectivity index (χ1) is 14.0. The first-order valence-corrected chi connectivity index (χ1v) is 9.75. The van der Waals surface area contributed by atoms with Gasteiger partial charge in [0.2, 0.25) is 0 Å². The van der Waals surface area contributed by atoms with E-state index in [2.05, 4.69) is 19.9 Å². The highest BCUT2D eigenvalue weighted by Crippen LogP contribution is 2.34.